The molecule has 0 saturated heterocycles. The molecule has 4 rings (SSSR count). The number of aliphatic carboxylic acids is 2. The molecule has 14 nitrogen and oxygen atoms in total. The van der Waals surface area contributed by atoms with E-state index >= 15 is 0 Å². The number of benzene rings is 3. The summed E-state index contributed by atoms with van der Waals surface area (Å²) in [7, 11) is 0. The molecule has 0 radical (unpaired) electrons. The lowest BCUT2D eigenvalue weighted by molar-refractivity contribution is -0.140. The number of hydrogen-bond acceptors (Lipinski definition) is 6. The van der Waals surface area contributed by atoms with E-state index in [1.807, 2.05) is 12.1 Å². The molecule has 0 spiro atoms. The van der Waals surface area contributed by atoms with E-state index in [-0.39, 0.29) is 31.2 Å². The number of carbonyl (C=O) groups is 6. The van der Waals surface area contributed by atoms with Crippen LogP contribution in [0.3, 0.4) is 0 Å². The van der Waals surface area contributed by atoms with Gasteiger partial charge in [0.05, 0.1) is 50.3 Å². The van der Waals surface area contributed by atoms with Crippen molar-refractivity contribution in [3.8, 4) is 11.1 Å². The standard InChI is InChI=1S/C32H30Cl4N6O8/c33-18-4-2-5-19(34)25(18)27(43)41-24(30(47)48)13-39-32(50)42-22-6-1-3-15-9-14(7-8-17(15)22)16-10-20(35)26(21(36)11-16)28(44)40-23(29(45)46)12-38-31(37)49/h2,4-5,7-11,22-24H,1,3,6,12-13H2,(H,40,44)(H,41,43)(H,45,46)(H,47,48)(H3,37,38,49)(H2,39,42,50)/t22-,23-,24-/m0/s1. The molecule has 0 unspecified atom stereocenters. The van der Waals surface area contributed by atoms with Crippen molar-refractivity contribution in [3.63, 3.8) is 0 Å². The van der Waals surface area contributed by atoms with Crippen LogP contribution in [-0.4, -0.2) is 71.2 Å². The van der Waals surface area contributed by atoms with Gasteiger partial charge in [-0.15, -0.1) is 0 Å². The molecule has 0 bridgehead atoms. The van der Waals surface area contributed by atoms with E-state index in [0.717, 1.165) is 17.5 Å². The van der Waals surface area contributed by atoms with E-state index in [1.165, 1.54) is 30.3 Å². The topological polar surface area (TPSA) is 229 Å². The zero-order valence-corrected chi connectivity index (χ0v) is 28.8. The van der Waals surface area contributed by atoms with E-state index in [2.05, 4.69) is 26.6 Å². The second-order valence-corrected chi connectivity index (χ2v) is 12.7. The first kappa shape index (κ1) is 38.0. The number of hydrogen-bond donors (Lipinski definition) is 8. The van der Waals surface area contributed by atoms with Gasteiger partial charge in [0.25, 0.3) is 11.8 Å². The quantitative estimate of drug-likeness (QED) is 0.132. The highest BCUT2D eigenvalue weighted by Gasteiger charge is 2.27. The van der Waals surface area contributed by atoms with Crippen LogP contribution >= 0.6 is 46.4 Å². The van der Waals surface area contributed by atoms with Gasteiger partial charge in [0.15, 0.2) is 0 Å². The number of halogens is 4. The minimum atomic E-state index is -1.50. The second-order valence-electron chi connectivity index (χ2n) is 11.1. The average Bonchev–Trinajstić information content (AvgIpc) is 3.04. The van der Waals surface area contributed by atoms with Crippen molar-refractivity contribution in [2.75, 3.05) is 13.1 Å². The van der Waals surface area contributed by atoms with Crippen molar-refractivity contribution < 1.29 is 39.0 Å². The summed E-state index contributed by atoms with van der Waals surface area (Å²) in [6.07, 6.45) is 2.03. The summed E-state index contributed by atoms with van der Waals surface area (Å²) < 4.78 is 0. The number of rotatable bonds is 12. The Morgan fingerprint density at radius 1 is 0.740 bits per heavy atom. The van der Waals surface area contributed by atoms with Crippen LogP contribution in [0.1, 0.15) is 50.7 Å². The Morgan fingerprint density at radius 2 is 1.28 bits per heavy atom. The fourth-order valence-corrected chi connectivity index (χ4v) is 6.51. The predicted molar refractivity (Wildman–Crippen MR) is 186 cm³/mol. The molecule has 3 atom stereocenters. The summed E-state index contributed by atoms with van der Waals surface area (Å²) in [6, 6.07) is 7.94. The van der Waals surface area contributed by atoms with E-state index in [9.17, 15) is 39.0 Å². The molecule has 9 N–H and O–H groups in total. The highest BCUT2D eigenvalue weighted by molar-refractivity contribution is 6.40. The monoisotopic (exact) mass is 766 g/mol. The molecular weight excluding hydrogens is 738 g/mol. The predicted octanol–water partition coefficient (Wildman–Crippen LogP) is 4.38. The number of nitrogens with two attached hydrogens (primary N) is 1. The summed E-state index contributed by atoms with van der Waals surface area (Å²) in [4.78, 5) is 72.7. The molecular formula is C32H30Cl4N6O8. The van der Waals surface area contributed by atoms with Crippen LogP contribution in [-0.2, 0) is 16.0 Å². The van der Waals surface area contributed by atoms with Gasteiger partial charge >= 0.3 is 24.0 Å². The molecule has 18 heteroatoms. The minimum absolute atomic E-state index is 0.0402. The molecule has 0 aliphatic heterocycles. The molecule has 3 aromatic carbocycles. The number of carbonyl (C=O) groups excluding carboxylic acids is 4. The third-order valence-electron chi connectivity index (χ3n) is 7.71. The van der Waals surface area contributed by atoms with Crippen LogP contribution in [0.4, 0.5) is 9.59 Å². The first-order valence-corrected chi connectivity index (χ1v) is 16.4. The average molecular weight is 768 g/mol. The summed E-state index contributed by atoms with van der Waals surface area (Å²) in [6.45, 7) is -0.887. The lowest BCUT2D eigenvalue weighted by Crippen LogP contribution is -2.50. The number of carboxylic acid groups (broad SMARTS) is 2. The maximum Gasteiger partial charge on any atom is 0.328 e. The van der Waals surface area contributed by atoms with Crippen molar-refractivity contribution >= 4 is 82.2 Å². The first-order valence-electron chi connectivity index (χ1n) is 14.9. The third-order valence-corrected chi connectivity index (χ3v) is 8.94. The molecule has 6 amide bonds. The highest BCUT2D eigenvalue weighted by atomic mass is 35.5. The van der Waals surface area contributed by atoms with Gasteiger partial charge in [-0.25, -0.2) is 19.2 Å². The van der Waals surface area contributed by atoms with Gasteiger partial charge in [0.1, 0.15) is 12.1 Å². The first-order chi connectivity index (χ1) is 23.7. The second kappa shape index (κ2) is 16.8. The van der Waals surface area contributed by atoms with Crippen LogP contribution < -0.4 is 32.3 Å². The lowest BCUT2D eigenvalue weighted by Gasteiger charge is -2.27. The molecule has 264 valence electrons. The Kier molecular flexibility index (Phi) is 12.8. The van der Waals surface area contributed by atoms with Crippen LogP contribution in [0, 0.1) is 0 Å². The minimum Gasteiger partial charge on any atom is -0.480 e. The van der Waals surface area contributed by atoms with Crippen molar-refractivity contribution in [1.29, 1.82) is 0 Å². The molecule has 0 aromatic heterocycles. The van der Waals surface area contributed by atoms with E-state index in [0.29, 0.717) is 24.0 Å². The molecule has 1 aliphatic carbocycles. The number of primary amides is 1. The molecule has 0 heterocycles. The van der Waals surface area contributed by atoms with Crippen molar-refractivity contribution in [1.82, 2.24) is 26.6 Å². The molecule has 0 fully saturated rings. The number of urea groups is 2. The van der Waals surface area contributed by atoms with Gasteiger partial charge < -0.3 is 42.5 Å². The Hall–Kier alpha value is -4.76. The third kappa shape index (κ3) is 9.47. The van der Waals surface area contributed by atoms with Crippen molar-refractivity contribution in [2.45, 2.75) is 37.4 Å². The van der Waals surface area contributed by atoms with Crippen LogP contribution in [0.25, 0.3) is 11.1 Å². The zero-order chi connectivity index (χ0) is 36.7. The number of nitrogens with one attached hydrogen (secondary N) is 5. The molecule has 1 aliphatic rings. The van der Waals surface area contributed by atoms with Gasteiger partial charge in [0, 0.05) is 0 Å². The molecule has 0 saturated carbocycles. The maximum atomic E-state index is 12.9. The zero-order valence-electron chi connectivity index (χ0n) is 25.8. The van der Waals surface area contributed by atoms with Gasteiger partial charge in [-0.1, -0.05) is 70.7 Å². The van der Waals surface area contributed by atoms with E-state index in [4.69, 9.17) is 52.1 Å². The molecule has 50 heavy (non-hydrogen) atoms. The fraction of sp³-hybridized carbons (Fsp3) is 0.250. The fourth-order valence-electron chi connectivity index (χ4n) is 5.28. The van der Waals surface area contributed by atoms with Gasteiger partial charge in [-0.2, -0.15) is 0 Å². The van der Waals surface area contributed by atoms with Gasteiger partial charge in [-0.3, -0.25) is 9.59 Å². The lowest BCUT2D eigenvalue weighted by atomic mass is 9.85. The van der Waals surface area contributed by atoms with Crippen molar-refractivity contribution in [2.24, 2.45) is 5.73 Å². The van der Waals surface area contributed by atoms with Crippen LogP contribution in [0.5, 0.6) is 0 Å². The molecule has 3 aromatic rings. The summed E-state index contributed by atoms with van der Waals surface area (Å²) in [5, 5.41) is 31.0. The van der Waals surface area contributed by atoms with E-state index in [1.54, 1.807) is 6.07 Å². The highest BCUT2D eigenvalue weighted by Crippen LogP contribution is 2.36. The summed E-state index contributed by atoms with van der Waals surface area (Å²) in [5.74, 6) is -4.48. The smallest absolute Gasteiger partial charge is 0.328 e. The van der Waals surface area contributed by atoms with Crippen LogP contribution in [0.2, 0.25) is 20.1 Å². The van der Waals surface area contributed by atoms with Crippen molar-refractivity contribution in [3.05, 3.63) is 90.9 Å². The Bertz CT molecular complexity index is 1820. The van der Waals surface area contributed by atoms with Gasteiger partial charge in [0.2, 0.25) is 0 Å². The van der Waals surface area contributed by atoms with Crippen LogP contribution in [0.15, 0.2) is 48.5 Å². The van der Waals surface area contributed by atoms with E-state index < -0.39 is 67.0 Å². The normalized spacial score (nSPS) is 14.7. The van der Waals surface area contributed by atoms with Gasteiger partial charge in [-0.05, 0) is 65.8 Å². The largest absolute Gasteiger partial charge is 0.480 e. The SMILES string of the molecule is NC(=O)NC[C@H](NC(=O)c1c(Cl)cc(-c2ccc3c(c2)CCC[C@@H]3NC(=O)NC[C@H](NC(=O)c2c(Cl)cccc2Cl)C(=O)O)cc1Cl)C(=O)O. The number of amides is 6. The summed E-state index contributed by atoms with van der Waals surface area (Å²) in [5.41, 5.74) is 7.77. The number of fused-ring (bicyclic) bond motifs is 1. The number of aryl methyl sites for hydroxylation is 1. The summed E-state index contributed by atoms with van der Waals surface area (Å²) >= 11 is 25.0. The Labute approximate surface area is 305 Å². The maximum absolute atomic E-state index is 12.9. The Balaban J connectivity index is 1.42. The Morgan fingerprint density at radius 3 is 1.82 bits per heavy atom. The number of carboxylic acids is 2.